The smallest absolute Gasteiger partial charge is 0.326 e. The number of primary amides is 1. The molecule has 2 fully saturated rings. The summed E-state index contributed by atoms with van der Waals surface area (Å²) in [5.74, 6) is -5.68. The summed E-state index contributed by atoms with van der Waals surface area (Å²) in [6, 6.07) is -6.62. The van der Waals surface area contributed by atoms with Gasteiger partial charge >= 0.3 is 5.97 Å². The molecule has 12 N–H and O–H groups in total. The van der Waals surface area contributed by atoms with Gasteiger partial charge in [-0.2, -0.15) is 0 Å². The number of H-pyrrole nitrogens is 1. The molecule has 0 radical (unpaired) electrons. The molecule has 0 aromatic carbocycles. The fourth-order valence-electron chi connectivity index (χ4n) is 6.32. The van der Waals surface area contributed by atoms with Gasteiger partial charge in [0.1, 0.15) is 36.3 Å². The fraction of sp³-hybridized carbons (Fsp3) is 0.656. The van der Waals surface area contributed by atoms with E-state index in [0.29, 0.717) is 37.9 Å². The van der Waals surface area contributed by atoms with Crippen molar-refractivity contribution in [2.45, 2.75) is 107 Å². The van der Waals surface area contributed by atoms with E-state index in [1.165, 1.54) is 29.2 Å². The van der Waals surface area contributed by atoms with E-state index in [1.807, 2.05) is 0 Å². The lowest BCUT2D eigenvalue weighted by molar-refractivity contribution is -0.146. The number of aliphatic carboxylic acids is 1. The molecule has 0 aliphatic carbocycles. The minimum Gasteiger partial charge on any atom is -0.480 e. The second-order valence-electron chi connectivity index (χ2n) is 13.0. The van der Waals surface area contributed by atoms with Gasteiger partial charge in [0.25, 0.3) is 0 Å². The molecule has 20 nitrogen and oxygen atoms in total. The lowest BCUT2D eigenvalue weighted by Gasteiger charge is -2.32. The number of carbonyl (C=O) groups excluding carboxylic acids is 7. The number of hydrogen-bond acceptors (Lipinski definition) is 11. The van der Waals surface area contributed by atoms with Crippen LogP contribution in [0.15, 0.2) is 12.5 Å². The lowest BCUT2D eigenvalue weighted by Crippen LogP contribution is -2.59. The monoisotopic (exact) mass is 733 g/mol. The predicted octanol–water partition coefficient (Wildman–Crippen LogP) is -3.67. The fourth-order valence-corrected chi connectivity index (χ4v) is 6.32. The van der Waals surface area contributed by atoms with Gasteiger partial charge < -0.3 is 58.4 Å². The Labute approximate surface area is 300 Å². The summed E-state index contributed by atoms with van der Waals surface area (Å²) in [5, 5.41) is 19.9. The van der Waals surface area contributed by atoms with Gasteiger partial charge in [-0.25, -0.2) is 9.78 Å². The Morgan fingerprint density at radius 3 is 1.98 bits per heavy atom. The van der Waals surface area contributed by atoms with E-state index in [2.05, 4.69) is 31.2 Å². The number of rotatable bonds is 20. The predicted molar refractivity (Wildman–Crippen MR) is 183 cm³/mol. The van der Waals surface area contributed by atoms with Crippen molar-refractivity contribution in [3.05, 3.63) is 18.2 Å². The Bertz CT molecular complexity index is 1440. The third-order valence-corrected chi connectivity index (χ3v) is 9.08. The van der Waals surface area contributed by atoms with Crippen LogP contribution in [0, 0.1) is 0 Å². The number of carboxylic acids is 1. The first-order valence-corrected chi connectivity index (χ1v) is 17.5. The molecular formula is C32H51N11O9. The molecule has 2 aliphatic rings. The van der Waals surface area contributed by atoms with Crippen molar-refractivity contribution in [3.8, 4) is 0 Å². The van der Waals surface area contributed by atoms with E-state index in [9.17, 15) is 43.5 Å². The van der Waals surface area contributed by atoms with Crippen LogP contribution < -0.4 is 38.5 Å². The molecule has 1 aromatic heterocycles. The van der Waals surface area contributed by atoms with Crippen molar-refractivity contribution >= 4 is 47.3 Å². The van der Waals surface area contributed by atoms with Gasteiger partial charge in [-0.15, -0.1) is 0 Å². The molecule has 1 aromatic rings. The first-order chi connectivity index (χ1) is 24.8. The highest BCUT2D eigenvalue weighted by Gasteiger charge is 2.42. The van der Waals surface area contributed by atoms with Crippen molar-refractivity contribution < 1.29 is 43.5 Å². The van der Waals surface area contributed by atoms with Crippen LogP contribution in [-0.2, 0) is 44.8 Å². The summed E-state index contributed by atoms with van der Waals surface area (Å²) in [7, 11) is 0. The van der Waals surface area contributed by atoms with Gasteiger partial charge in [0.15, 0.2) is 0 Å². The summed E-state index contributed by atoms with van der Waals surface area (Å²) in [4.78, 5) is 112. The van der Waals surface area contributed by atoms with Crippen molar-refractivity contribution in [2.75, 3.05) is 26.2 Å². The highest BCUT2D eigenvalue weighted by Crippen LogP contribution is 2.23. The first-order valence-electron chi connectivity index (χ1n) is 17.5. The van der Waals surface area contributed by atoms with Crippen LogP contribution in [0.2, 0.25) is 0 Å². The molecule has 7 amide bonds. The number of nitrogens with one attached hydrogen (secondary N) is 5. The minimum atomic E-state index is -1.40. The molecule has 0 saturated carbocycles. The summed E-state index contributed by atoms with van der Waals surface area (Å²) in [5.41, 5.74) is 16.6. The average molecular weight is 734 g/mol. The second kappa shape index (κ2) is 20.1. The van der Waals surface area contributed by atoms with Crippen molar-refractivity contribution in [3.63, 3.8) is 0 Å². The number of nitrogens with zero attached hydrogens (tertiary/aromatic N) is 3. The Morgan fingerprint density at radius 1 is 0.865 bits per heavy atom. The molecule has 2 aliphatic heterocycles. The Hall–Kier alpha value is -5.11. The van der Waals surface area contributed by atoms with E-state index in [1.54, 1.807) is 0 Å². The van der Waals surface area contributed by atoms with Crippen LogP contribution in [0.4, 0.5) is 0 Å². The number of nitrogens with two attached hydrogens (primary N) is 3. The molecule has 3 rings (SSSR count). The van der Waals surface area contributed by atoms with E-state index in [-0.39, 0.29) is 58.2 Å². The largest absolute Gasteiger partial charge is 0.480 e. The Kier molecular flexibility index (Phi) is 15.9. The lowest BCUT2D eigenvalue weighted by atomic mass is 10.1. The number of likely N-dealkylation sites (tertiary alicyclic amines) is 2. The Balaban J connectivity index is 1.78. The van der Waals surface area contributed by atoms with Gasteiger partial charge in [0.2, 0.25) is 41.4 Å². The zero-order valence-corrected chi connectivity index (χ0v) is 29.3. The molecule has 20 heteroatoms. The Morgan fingerprint density at radius 2 is 1.46 bits per heavy atom. The number of hydrogen-bond donors (Lipinski definition) is 9. The van der Waals surface area contributed by atoms with Gasteiger partial charge in [-0.3, -0.25) is 33.6 Å². The van der Waals surface area contributed by atoms with Gasteiger partial charge in [-0.05, 0) is 64.8 Å². The highest BCUT2D eigenvalue weighted by atomic mass is 16.4. The zero-order chi connectivity index (χ0) is 38.4. The van der Waals surface area contributed by atoms with Crippen LogP contribution >= 0.6 is 0 Å². The number of amides is 7. The van der Waals surface area contributed by atoms with Crippen LogP contribution in [-0.4, -0.2) is 135 Å². The zero-order valence-electron chi connectivity index (χ0n) is 29.3. The van der Waals surface area contributed by atoms with Crippen LogP contribution in [0.3, 0.4) is 0 Å². The number of carboxylic acid groups (broad SMARTS) is 1. The third kappa shape index (κ3) is 11.7. The summed E-state index contributed by atoms with van der Waals surface area (Å²) >= 11 is 0. The second-order valence-corrected chi connectivity index (χ2v) is 13.0. The summed E-state index contributed by atoms with van der Waals surface area (Å²) in [6.45, 7) is 1.88. The standard InChI is InChI=1S/C32H51N11O9/c1-18(38-26(45)15-34)27(46)39-20(6-2-3-11-33)30(49)42-12-4-8-24(42)29(48)41-22(14-19-16-36-17-37-19)31(50)43-13-5-7-23(43)28(47)40-21(32(51)52)9-10-25(35)44/h16-18,20-24H,2-15,33-34H2,1H3,(H2,35,44)(H,36,37)(H,38,45)(H,39,46)(H,40,47)(H,41,48)(H,51,52)/t18-,20-,21-,22-,23-,24-/m0/s1. The molecule has 52 heavy (non-hydrogen) atoms. The topological polar surface area (TPSA) is 318 Å². The molecule has 0 unspecified atom stereocenters. The maximum Gasteiger partial charge on any atom is 0.326 e. The van der Waals surface area contributed by atoms with Gasteiger partial charge in [0, 0.05) is 37.8 Å². The quantitative estimate of drug-likeness (QED) is 0.0586. The third-order valence-electron chi connectivity index (χ3n) is 9.08. The van der Waals surface area contributed by atoms with E-state index in [4.69, 9.17) is 17.2 Å². The number of aromatic amines is 1. The molecule has 288 valence electrons. The summed E-state index contributed by atoms with van der Waals surface area (Å²) in [6.07, 6.45) is 5.11. The SMILES string of the molecule is C[C@H](NC(=O)CN)C(=O)N[C@@H](CCCCN)C(=O)N1CCC[C@H]1C(=O)N[C@@H](Cc1cnc[nH]1)C(=O)N1CCC[C@H]1C(=O)N[C@@H](CCC(N)=O)C(=O)O. The van der Waals surface area contributed by atoms with E-state index < -0.39 is 83.6 Å². The summed E-state index contributed by atoms with van der Waals surface area (Å²) < 4.78 is 0. The normalized spacial score (nSPS) is 19.2. The number of imidazole rings is 1. The van der Waals surface area contributed by atoms with Crippen molar-refractivity contribution in [1.29, 1.82) is 0 Å². The van der Waals surface area contributed by atoms with Crippen molar-refractivity contribution in [1.82, 2.24) is 41.0 Å². The first kappa shape index (κ1) is 41.3. The van der Waals surface area contributed by atoms with Gasteiger partial charge in [0.05, 0.1) is 12.9 Å². The van der Waals surface area contributed by atoms with Crippen LogP contribution in [0.1, 0.15) is 70.4 Å². The maximum absolute atomic E-state index is 14.1. The van der Waals surface area contributed by atoms with Crippen molar-refractivity contribution in [2.24, 2.45) is 17.2 Å². The van der Waals surface area contributed by atoms with Crippen LogP contribution in [0.25, 0.3) is 0 Å². The van der Waals surface area contributed by atoms with Crippen LogP contribution in [0.5, 0.6) is 0 Å². The number of unbranched alkanes of at least 4 members (excludes halogenated alkanes) is 1. The molecule has 3 heterocycles. The highest BCUT2D eigenvalue weighted by molar-refractivity contribution is 5.97. The molecule has 6 atom stereocenters. The number of carbonyl (C=O) groups is 8. The molecule has 0 bridgehead atoms. The molecule has 2 saturated heterocycles. The maximum atomic E-state index is 14.1. The van der Waals surface area contributed by atoms with Gasteiger partial charge in [-0.1, -0.05) is 0 Å². The molecular weight excluding hydrogens is 682 g/mol. The van der Waals surface area contributed by atoms with E-state index >= 15 is 0 Å². The minimum absolute atomic E-state index is 0.0311. The molecule has 0 spiro atoms. The van der Waals surface area contributed by atoms with E-state index in [0.717, 1.165) is 0 Å². The number of aromatic nitrogens is 2. The average Bonchev–Trinajstić information content (AvgIpc) is 3.91.